The van der Waals surface area contributed by atoms with Gasteiger partial charge in [0.1, 0.15) is 5.69 Å². The molecule has 2 heterocycles. The molecular formula is C12H10N4. The summed E-state index contributed by atoms with van der Waals surface area (Å²) < 4.78 is 1.87. The quantitative estimate of drug-likeness (QED) is 0.616. The molecule has 0 radical (unpaired) electrons. The number of benzene rings is 1. The third-order valence-electron chi connectivity index (χ3n) is 2.39. The largest absolute Gasteiger partial charge is 0.340 e. The Morgan fingerprint density at radius 2 is 1.81 bits per heavy atom. The fraction of sp³-hybridized carbons (Fsp3) is 0.0833. The number of hydrogen-bond donors (Lipinski definition) is 0. The van der Waals surface area contributed by atoms with Gasteiger partial charge in [-0.1, -0.05) is 30.3 Å². The van der Waals surface area contributed by atoms with Crippen molar-refractivity contribution in [1.29, 1.82) is 0 Å². The van der Waals surface area contributed by atoms with E-state index in [1.54, 1.807) is 6.33 Å². The maximum absolute atomic E-state index is 4.45. The summed E-state index contributed by atoms with van der Waals surface area (Å²) in [6, 6.07) is 9.92. The third kappa shape index (κ3) is 1.44. The van der Waals surface area contributed by atoms with Crippen molar-refractivity contribution in [2.24, 2.45) is 7.05 Å². The van der Waals surface area contributed by atoms with Crippen molar-refractivity contribution >= 4 is 0 Å². The molecule has 78 valence electrons. The summed E-state index contributed by atoms with van der Waals surface area (Å²) in [7, 11) is 1.92. The Kier molecular flexibility index (Phi) is 1.93. The van der Waals surface area contributed by atoms with Crippen LogP contribution in [0.25, 0.3) is 22.9 Å². The van der Waals surface area contributed by atoms with Crippen LogP contribution in [0.5, 0.6) is 0 Å². The van der Waals surface area contributed by atoms with Crippen LogP contribution in [-0.2, 0) is 7.05 Å². The molecule has 4 heteroatoms. The van der Waals surface area contributed by atoms with Gasteiger partial charge in [0.15, 0.2) is 11.6 Å². The van der Waals surface area contributed by atoms with Gasteiger partial charge in [-0.05, 0) is 0 Å². The minimum atomic E-state index is 0.692. The average molecular weight is 210 g/mol. The summed E-state index contributed by atoms with van der Waals surface area (Å²) in [6.45, 7) is 0. The predicted octanol–water partition coefficient (Wildman–Crippen LogP) is 1.98. The summed E-state index contributed by atoms with van der Waals surface area (Å²) in [5.74, 6) is 1.42. The first-order chi connectivity index (χ1) is 7.83. The van der Waals surface area contributed by atoms with E-state index in [1.807, 2.05) is 48.1 Å². The van der Waals surface area contributed by atoms with Crippen LogP contribution in [0.2, 0.25) is 0 Å². The fourth-order valence-electron chi connectivity index (χ4n) is 1.62. The lowest BCUT2D eigenvalue weighted by molar-refractivity contribution is 0.858. The van der Waals surface area contributed by atoms with E-state index >= 15 is 0 Å². The fourth-order valence-corrected chi connectivity index (χ4v) is 1.62. The van der Waals surface area contributed by atoms with Gasteiger partial charge in [-0.2, -0.15) is 0 Å². The van der Waals surface area contributed by atoms with Gasteiger partial charge in [0.05, 0.1) is 6.33 Å². The van der Waals surface area contributed by atoms with Crippen molar-refractivity contribution in [3.05, 3.63) is 42.9 Å². The zero-order valence-corrected chi connectivity index (χ0v) is 8.83. The molecule has 0 atom stereocenters. The SMILES string of the molecule is Cn1cnc2nc(-c3ccccc3)nc-2c1. The molecule has 0 fully saturated rings. The summed E-state index contributed by atoms with van der Waals surface area (Å²) in [6.07, 6.45) is 3.65. The Morgan fingerprint density at radius 1 is 1.00 bits per heavy atom. The molecule has 1 aromatic rings. The molecule has 3 rings (SSSR count). The zero-order valence-electron chi connectivity index (χ0n) is 8.83. The lowest BCUT2D eigenvalue weighted by Gasteiger charge is -1.97. The monoisotopic (exact) mass is 210 g/mol. The minimum absolute atomic E-state index is 0.692. The number of rotatable bonds is 1. The van der Waals surface area contributed by atoms with Crippen molar-refractivity contribution < 1.29 is 0 Å². The highest BCUT2D eigenvalue weighted by Crippen LogP contribution is 2.22. The van der Waals surface area contributed by atoms with Crippen LogP contribution in [0, 0.1) is 0 Å². The van der Waals surface area contributed by atoms with Gasteiger partial charge < -0.3 is 4.57 Å². The van der Waals surface area contributed by atoms with Gasteiger partial charge >= 0.3 is 0 Å². The van der Waals surface area contributed by atoms with Crippen molar-refractivity contribution in [3.8, 4) is 22.9 Å². The maximum atomic E-state index is 4.45. The lowest BCUT2D eigenvalue weighted by Crippen LogP contribution is -1.94. The molecule has 0 aliphatic carbocycles. The molecular weight excluding hydrogens is 200 g/mol. The molecule has 0 spiro atoms. The number of nitrogens with zero attached hydrogens (tertiary/aromatic N) is 4. The van der Waals surface area contributed by atoms with Crippen LogP contribution >= 0.6 is 0 Å². The predicted molar refractivity (Wildman–Crippen MR) is 60.9 cm³/mol. The molecule has 16 heavy (non-hydrogen) atoms. The first-order valence-electron chi connectivity index (χ1n) is 5.04. The van der Waals surface area contributed by atoms with E-state index in [0.717, 1.165) is 17.1 Å². The van der Waals surface area contributed by atoms with Gasteiger partial charge in [-0.3, -0.25) is 0 Å². The molecule has 2 aliphatic rings. The number of hydrogen-bond acceptors (Lipinski definition) is 3. The second kappa shape index (κ2) is 3.41. The molecule has 0 N–H and O–H groups in total. The molecule has 2 aliphatic heterocycles. The van der Waals surface area contributed by atoms with E-state index in [9.17, 15) is 0 Å². The highest BCUT2D eigenvalue weighted by atomic mass is 15.1. The number of aryl methyl sites for hydroxylation is 1. The van der Waals surface area contributed by atoms with Crippen molar-refractivity contribution in [3.63, 3.8) is 0 Å². The van der Waals surface area contributed by atoms with Crippen LogP contribution in [0.1, 0.15) is 0 Å². The summed E-state index contributed by atoms with van der Waals surface area (Å²) in [5, 5.41) is 0. The van der Waals surface area contributed by atoms with Crippen LogP contribution < -0.4 is 0 Å². The molecule has 0 unspecified atom stereocenters. The van der Waals surface area contributed by atoms with Crippen LogP contribution in [0.15, 0.2) is 42.9 Å². The summed E-state index contributed by atoms with van der Waals surface area (Å²) >= 11 is 0. The first-order valence-corrected chi connectivity index (χ1v) is 5.04. The molecule has 4 nitrogen and oxygen atoms in total. The van der Waals surface area contributed by atoms with Crippen molar-refractivity contribution in [2.75, 3.05) is 0 Å². The van der Waals surface area contributed by atoms with E-state index < -0.39 is 0 Å². The summed E-state index contributed by atoms with van der Waals surface area (Å²) in [4.78, 5) is 13.1. The molecule has 0 saturated heterocycles. The Morgan fingerprint density at radius 3 is 2.62 bits per heavy atom. The van der Waals surface area contributed by atoms with E-state index in [1.165, 1.54) is 0 Å². The van der Waals surface area contributed by atoms with Crippen LogP contribution in [0.3, 0.4) is 0 Å². The van der Waals surface area contributed by atoms with Gasteiger partial charge in [-0.25, -0.2) is 15.0 Å². The Hall–Kier alpha value is -2.23. The van der Waals surface area contributed by atoms with Gasteiger partial charge in [0, 0.05) is 18.8 Å². The second-order valence-corrected chi connectivity index (χ2v) is 3.66. The van der Waals surface area contributed by atoms with E-state index in [2.05, 4.69) is 15.0 Å². The average Bonchev–Trinajstić information content (AvgIpc) is 2.73. The van der Waals surface area contributed by atoms with Crippen LogP contribution in [0.4, 0.5) is 0 Å². The Bertz CT molecular complexity index is 585. The van der Waals surface area contributed by atoms with E-state index in [-0.39, 0.29) is 0 Å². The number of imidazole rings is 1. The van der Waals surface area contributed by atoms with E-state index in [4.69, 9.17) is 0 Å². The summed E-state index contributed by atoms with van der Waals surface area (Å²) in [5.41, 5.74) is 1.84. The highest BCUT2D eigenvalue weighted by Gasteiger charge is 2.12. The second-order valence-electron chi connectivity index (χ2n) is 3.66. The zero-order chi connectivity index (χ0) is 11.0. The molecule has 1 aromatic carbocycles. The standard InChI is InChI=1S/C12H10N4/c1-16-7-10-12(13-8-16)15-11(14-10)9-5-3-2-4-6-9/h2-8H,1H3. The lowest BCUT2D eigenvalue weighted by atomic mass is 10.2. The number of aromatic nitrogens is 4. The molecule has 0 amide bonds. The van der Waals surface area contributed by atoms with Gasteiger partial charge in [0.25, 0.3) is 0 Å². The Labute approximate surface area is 93.0 Å². The molecule has 0 aromatic heterocycles. The maximum Gasteiger partial charge on any atom is 0.183 e. The molecule has 0 bridgehead atoms. The number of fused-ring (bicyclic) bond motifs is 1. The minimum Gasteiger partial charge on any atom is -0.340 e. The smallest absolute Gasteiger partial charge is 0.183 e. The topological polar surface area (TPSA) is 43.6 Å². The first kappa shape index (κ1) is 9.03. The van der Waals surface area contributed by atoms with E-state index in [0.29, 0.717) is 5.82 Å². The third-order valence-corrected chi connectivity index (χ3v) is 2.39. The Balaban J connectivity index is 2.17. The highest BCUT2D eigenvalue weighted by molar-refractivity contribution is 5.62. The van der Waals surface area contributed by atoms with Gasteiger partial charge in [-0.15, -0.1) is 0 Å². The molecule has 0 saturated carbocycles. The van der Waals surface area contributed by atoms with Crippen molar-refractivity contribution in [1.82, 2.24) is 19.5 Å². The van der Waals surface area contributed by atoms with Gasteiger partial charge in [0.2, 0.25) is 0 Å². The normalized spacial score (nSPS) is 10.8. The van der Waals surface area contributed by atoms with Crippen molar-refractivity contribution in [2.45, 2.75) is 0 Å². The van der Waals surface area contributed by atoms with Crippen LogP contribution in [-0.4, -0.2) is 19.5 Å².